The van der Waals surface area contributed by atoms with E-state index in [2.05, 4.69) is 157 Å². The van der Waals surface area contributed by atoms with Crippen LogP contribution in [-0.2, 0) is 10.8 Å². The monoisotopic (exact) mass is 615 g/mol. The van der Waals surface area contributed by atoms with Crippen molar-refractivity contribution in [2.45, 2.75) is 58.8 Å². The minimum absolute atomic E-state index is 0.0484. The van der Waals surface area contributed by atoms with Gasteiger partial charge in [-0.3, -0.25) is 0 Å². The summed E-state index contributed by atoms with van der Waals surface area (Å²) in [6, 6.07) is 39.4. The molecule has 0 saturated heterocycles. The summed E-state index contributed by atoms with van der Waals surface area (Å²) in [7, 11) is 0. The molecule has 46 heavy (non-hydrogen) atoms. The first-order chi connectivity index (χ1) is 22.0. The third-order valence-corrected chi connectivity index (χ3v) is 9.63. The van der Waals surface area contributed by atoms with Gasteiger partial charge in [-0.15, -0.1) is 0 Å². The Hall–Kier alpha value is -4.39. The van der Waals surface area contributed by atoms with Crippen molar-refractivity contribution < 1.29 is 0 Å². The molecule has 0 spiro atoms. The Morgan fingerprint density at radius 2 is 1.28 bits per heavy atom. The van der Waals surface area contributed by atoms with E-state index in [9.17, 15) is 0 Å². The highest BCUT2D eigenvalue weighted by Gasteiger charge is 2.31. The first-order valence-electron chi connectivity index (χ1n) is 16.3. The minimum atomic E-state index is -0.178. The highest BCUT2D eigenvalue weighted by atomic mass is 35.5. The Bertz CT molecular complexity index is 2120. The molecule has 0 bridgehead atoms. The fourth-order valence-corrected chi connectivity index (χ4v) is 7.39. The predicted octanol–water partition coefficient (Wildman–Crippen LogP) is 10.7. The van der Waals surface area contributed by atoms with Crippen LogP contribution in [0.25, 0.3) is 33.9 Å². The maximum atomic E-state index is 6.89. The summed E-state index contributed by atoms with van der Waals surface area (Å²) in [4.78, 5) is 0. The molecule has 0 N–H and O–H groups in total. The Morgan fingerprint density at radius 1 is 0.652 bits per heavy atom. The van der Waals surface area contributed by atoms with E-state index in [1.165, 1.54) is 71.7 Å². The van der Waals surface area contributed by atoms with Gasteiger partial charge < -0.3 is 0 Å². The molecule has 5 aromatic carbocycles. The predicted molar refractivity (Wildman–Crippen MR) is 198 cm³/mol. The van der Waals surface area contributed by atoms with E-state index in [1.807, 2.05) is 12.1 Å². The molecule has 227 valence electrons. The number of rotatable bonds is 4. The standard InChI is InChI=1S/C45H40Cl/c1-44(2,3)32-24-25-33-31(26-32)27-38-37(33)28-39(41(29-16-9-7-10-17-29)30-18-11-8-12-19-30)43(45(4,5)6)42(38)36-22-15-21-34(36)35-20-13-14-23-40(35)46/h7-21,23-26,28H,22H2,1-6H3. The van der Waals surface area contributed by atoms with Crippen LogP contribution in [0.1, 0.15) is 86.9 Å². The number of benzene rings is 5. The quantitative estimate of drug-likeness (QED) is 0.185. The van der Waals surface area contributed by atoms with Crippen LogP contribution in [0.5, 0.6) is 0 Å². The molecule has 0 nitrogen and oxygen atoms in total. The van der Waals surface area contributed by atoms with Crippen molar-refractivity contribution in [2.24, 2.45) is 0 Å². The molecule has 0 aromatic heterocycles. The summed E-state index contributed by atoms with van der Waals surface area (Å²) >= 11 is 6.89. The molecule has 7 rings (SSSR count). The number of hydrogen-bond donors (Lipinski definition) is 0. The number of hydrogen-bond acceptors (Lipinski definition) is 0. The minimum Gasteiger partial charge on any atom is -0.0837 e. The fraction of sp³-hybridized carbons (Fsp3) is 0.200. The van der Waals surface area contributed by atoms with Crippen LogP contribution >= 0.6 is 11.6 Å². The van der Waals surface area contributed by atoms with Crippen molar-refractivity contribution in [1.82, 2.24) is 0 Å². The van der Waals surface area contributed by atoms with Crippen molar-refractivity contribution in [3.05, 3.63) is 176 Å². The lowest BCUT2D eigenvalue weighted by Gasteiger charge is -2.28. The Kier molecular flexibility index (Phi) is 7.53. The molecular formula is C45H40Cl. The van der Waals surface area contributed by atoms with E-state index in [-0.39, 0.29) is 10.8 Å². The summed E-state index contributed by atoms with van der Waals surface area (Å²) in [6.45, 7) is 13.9. The molecule has 0 aliphatic heterocycles. The van der Waals surface area contributed by atoms with Gasteiger partial charge in [0.1, 0.15) is 0 Å². The van der Waals surface area contributed by atoms with E-state index in [0.717, 1.165) is 17.0 Å². The molecule has 0 atom stereocenters. The van der Waals surface area contributed by atoms with Gasteiger partial charge in [0.2, 0.25) is 0 Å². The third-order valence-electron chi connectivity index (χ3n) is 9.30. The number of allylic oxidation sites excluding steroid dienone is 4. The number of halogens is 1. The SMILES string of the molecule is CC(C)(C)c1ccc2c(c1)[C]=c1c-2cc(=C(c2ccccc2)c2ccccc2)c(C(C)(C)C)c1C1=C(c2ccccc2Cl)C=CC1. The lowest BCUT2D eigenvalue weighted by Crippen LogP contribution is -2.32. The first-order valence-corrected chi connectivity index (χ1v) is 16.7. The van der Waals surface area contributed by atoms with Gasteiger partial charge in [-0.25, -0.2) is 0 Å². The molecule has 2 aliphatic rings. The van der Waals surface area contributed by atoms with E-state index in [1.54, 1.807) is 0 Å². The largest absolute Gasteiger partial charge is 0.0837 e. The third kappa shape index (κ3) is 5.29. The lowest BCUT2D eigenvalue weighted by molar-refractivity contribution is 0.583. The van der Waals surface area contributed by atoms with Crippen LogP contribution in [0.2, 0.25) is 5.02 Å². The normalized spacial score (nSPS) is 13.9. The summed E-state index contributed by atoms with van der Waals surface area (Å²) in [6.07, 6.45) is 9.38. The molecule has 0 saturated carbocycles. The second kappa shape index (κ2) is 11.4. The average molecular weight is 616 g/mol. The van der Waals surface area contributed by atoms with Gasteiger partial charge in [0.25, 0.3) is 0 Å². The highest BCUT2D eigenvalue weighted by molar-refractivity contribution is 6.33. The summed E-state index contributed by atoms with van der Waals surface area (Å²) in [5.41, 5.74) is 14.8. The van der Waals surface area contributed by atoms with Crippen molar-refractivity contribution in [1.29, 1.82) is 0 Å². The van der Waals surface area contributed by atoms with Gasteiger partial charge >= 0.3 is 0 Å². The second-order valence-corrected chi connectivity index (χ2v) is 15.0. The van der Waals surface area contributed by atoms with Gasteiger partial charge in [0, 0.05) is 10.6 Å². The molecule has 0 unspecified atom stereocenters. The van der Waals surface area contributed by atoms with Gasteiger partial charge in [-0.2, -0.15) is 0 Å². The van der Waals surface area contributed by atoms with Crippen molar-refractivity contribution in [2.75, 3.05) is 0 Å². The average Bonchev–Trinajstić information content (AvgIpc) is 3.66. The van der Waals surface area contributed by atoms with Gasteiger partial charge in [-0.1, -0.05) is 156 Å². The zero-order valence-corrected chi connectivity index (χ0v) is 28.4. The number of fused-ring (bicyclic) bond motifs is 3. The molecule has 2 aliphatic carbocycles. The molecule has 0 fully saturated rings. The summed E-state index contributed by atoms with van der Waals surface area (Å²) in [5, 5.41) is 3.24. The Morgan fingerprint density at radius 3 is 1.89 bits per heavy atom. The zero-order valence-electron chi connectivity index (χ0n) is 27.6. The second-order valence-electron chi connectivity index (χ2n) is 14.6. The van der Waals surface area contributed by atoms with Crippen LogP contribution in [0.15, 0.2) is 121 Å². The summed E-state index contributed by atoms with van der Waals surface area (Å²) in [5.74, 6) is 0. The molecule has 0 heterocycles. The van der Waals surface area contributed by atoms with Crippen LogP contribution in [-0.4, -0.2) is 0 Å². The maximum absolute atomic E-state index is 6.89. The van der Waals surface area contributed by atoms with E-state index in [0.29, 0.717) is 0 Å². The zero-order chi connectivity index (χ0) is 32.2. The maximum Gasteiger partial charge on any atom is 0.0484 e. The molecule has 0 amide bonds. The summed E-state index contributed by atoms with van der Waals surface area (Å²) < 4.78 is 0. The highest BCUT2D eigenvalue weighted by Crippen LogP contribution is 2.42. The van der Waals surface area contributed by atoms with E-state index in [4.69, 9.17) is 11.6 Å². The lowest BCUT2D eigenvalue weighted by atomic mass is 9.75. The van der Waals surface area contributed by atoms with Crippen molar-refractivity contribution >= 4 is 34.4 Å². The van der Waals surface area contributed by atoms with Crippen molar-refractivity contribution in [3.8, 4) is 11.1 Å². The topological polar surface area (TPSA) is 0 Å². The molecule has 1 radical (unpaired) electrons. The van der Waals surface area contributed by atoms with Crippen LogP contribution in [0.4, 0.5) is 0 Å². The van der Waals surface area contributed by atoms with Crippen LogP contribution in [0.3, 0.4) is 0 Å². The van der Waals surface area contributed by atoms with E-state index < -0.39 is 0 Å². The molecular weight excluding hydrogens is 576 g/mol. The smallest absolute Gasteiger partial charge is 0.0484 e. The van der Waals surface area contributed by atoms with Gasteiger partial charge in [0.15, 0.2) is 0 Å². The van der Waals surface area contributed by atoms with Crippen molar-refractivity contribution in [3.63, 3.8) is 0 Å². The Labute approximate surface area is 279 Å². The van der Waals surface area contributed by atoms with Gasteiger partial charge in [-0.05, 0) is 113 Å². The van der Waals surface area contributed by atoms with Crippen LogP contribution in [0, 0.1) is 0 Å². The first kappa shape index (κ1) is 30.3. The fourth-order valence-electron chi connectivity index (χ4n) is 7.15. The molecule has 1 heteroatoms. The molecule has 5 aromatic rings. The van der Waals surface area contributed by atoms with Gasteiger partial charge in [0.05, 0.1) is 0 Å². The van der Waals surface area contributed by atoms with E-state index >= 15 is 0 Å². The van der Waals surface area contributed by atoms with Crippen LogP contribution < -0.4 is 10.4 Å². The Balaban J connectivity index is 1.71.